The third-order valence-corrected chi connectivity index (χ3v) is 7.29. The number of thioether (sulfide) groups is 1. The lowest BCUT2D eigenvalue weighted by atomic mass is 10.2. The van der Waals surface area contributed by atoms with Crippen LogP contribution in [0.1, 0.15) is 24.8 Å². The summed E-state index contributed by atoms with van der Waals surface area (Å²) in [6.45, 7) is 3.67. The molecule has 5 nitrogen and oxygen atoms in total. The van der Waals surface area contributed by atoms with Crippen molar-refractivity contribution in [3.05, 3.63) is 48.0 Å². The fourth-order valence-electron chi connectivity index (χ4n) is 3.32. The summed E-state index contributed by atoms with van der Waals surface area (Å²) in [4.78, 5) is 23.3. The van der Waals surface area contributed by atoms with E-state index in [4.69, 9.17) is 9.72 Å². The molecule has 0 radical (unpaired) electrons. The van der Waals surface area contributed by atoms with Crippen LogP contribution in [0.15, 0.2) is 47.4 Å². The van der Waals surface area contributed by atoms with Gasteiger partial charge in [0.05, 0.1) is 11.8 Å². The Kier molecular flexibility index (Phi) is 10.8. The number of carbonyl (C=O) groups excluding carboxylic acids is 1. The fourth-order valence-corrected chi connectivity index (χ4v) is 5.28. The lowest BCUT2D eigenvalue weighted by Crippen LogP contribution is -2.33. The minimum atomic E-state index is 0. The Morgan fingerprint density at radius 3 is 2.53 bits per heavy atom. The molecule has 32 heavy (non-hydrogen) atoms. The minimum absolute atomic E-state index is 0. The second-order valence-electron chi connectivity index (χ2n) is 7.73. The van der Waals surface area contributed by atoms with Gasteiger partial charge in [-0.05, 0) is 69.9 Å². The van der Waals surface area contributed by atoms with Crippen LogP contribution < -0.4 is 9.64 Å². The number of hydrogen-bond acceptors (Lipinski definition) is 6. The van der Waals surface area contributed by atoms with Crippen molar-refractivity contribution in [3.8, 4) is 5.75 Å². The molecule has 0 saturated heterocycles. The van der Waals surface area contributed by atoms with E-state index in [1.54, 1.807) is 30.2 Å². The molecule has 3 rings (SSSR count). The number of anilines is 1. The summed E-state index contributed by atoms with van der Waals surface area (Å²) in [6.07, 6.45) is 2.27. The van der Waals surface area contributed by atoms with Gasteiger partial charge in [-0.2, -0.15) is 0 Å². The molecule has 0 fully saturated rings. The normalized spacial score (nSPS) is 10.9. The van der Waals surface area contributed by atoms with E-state index in [0.29, 0.717) is 13.0 Å². The van der Waals surface area contributed by atoms with E-state index < -0.39 is 0 Å². The summed E-state index contributed by atoms with van der Waals surface area (Å²) in [5, 5.41) is 0.766. The third kappa shape index (κ3) is 7.10. The smallest absolute Gasteiger partial charge is 0.228 e. The standard InChI is InChI=1S/C24H31N3O2S2.ClH/c1-18-13-14-20(29-4)22-23(18)31-24(25-22)27(16-9-15-26(2)3)21(28)12-8-17-30-19-10-6-5-7-11-19;/h5-7,10-11,13-14H,8-9,12,15-17H2,1-4H3;1H. The number of hydrogen-bond donors (Lipinski definition) is 0. The van der Waals surface area contributed by atoms with Gasteiger partial charge >= 0.3 is 0 Å². The molecule has 1 aromatic heterocycles. The van der Waals surface area contributed by atoms with Crippen molar-refractivity contribution in [3.63, 3.8) is 0 Å². The van der Waals surface area contributed by atoms with Gasteiger partial charge in [-0.3, -0.25) is 9.69 Å². The summed E-state index contributed by atoms with van der Waals surface area (Å²) in [6, 6.07) is 14.3. The van der Waals surface area contributed by atoms with Crippen molar-refractivity contribution in [1.29, 1.82) is 0 Å². The SMILES string of the molecule is COc1ccc(C)c2sc(N(CCCN(C)C)C(=O)CCCSc3ccccc3)nc12.Cl. The number of halogens is 1. The van der Waals surface area contributed by atoms with Gasteiger partial charge in [0, 0.05) is 17.9 Å². The molecule has 0 aliphatic carbocycles. The van der Waals surface area contributed by atoms with Crippen molar-refractivity contribution in [2.24, 2.45) is 0 Å². The van der Waals surface area contributed by atoms with Crippen LogP contribution in [0.4, 0.5) is 5.13 Å². The van der Waals surface area contributed by atoms with Crippen molar-refractivity contribution in [1.82, 2.24) is 9.88 Å². The second kappa shape index (κ2) is 13.0. The quantitative estimate of drug-likeness (QED) is 0.246. The average Bonchev–Trinajstić information content (AvgIpc) is 3.21. The molecule has 3 aromatic rings. The van der Waals surface area contributed by atoms with Gasteiger partial charge in [0.2, 0.25) is 5.91 Å². The van der Waals surface area contributed by atoms with Gasteiger partial charge in [0.15, 0.2) is 5.13 Å². The number of methoxy groups -OCH3 is 1. The van der Waals surface area contributed by atoms with Crippen LogP contribution in [0.3, 0.4) is 0 Å². The van der Waals surface area contributed by atoms with Gasteiger partial charge in [-0.1, -0.05) is 35.6 Å². The molecule has 8 heteroatoms. The van der Waals surface area contributed by atoms with Crippen molar-refractivity contribution in [2.45, 2.75) is 31.1 Å². The molecular formula is C24H32ClN3O2S2. The van der Waals surface area contributed by atoms with Crippen LogP contribution >= 0.6 is 35.5 Å². The largest absolute Gasteiger partial charge is 0.494 e. The van der Waals surface area contributed by atoms with Crippen molar-refractivity contribution >= 4 is 56.8 Å². The number of rotatable bonds is 11. The fraction of sp³-hybridized carbons (Fsp3) is 0.417. The Labute approximate surface area is 205 Å². The number of aromatic nitrogens is 1. The number of carbonyl (C=O) groups is 1. The summed E-state index contributed by atoms with van der Waals surface area (Å²) in [5.41, 5.74) is 1.99. The average molecular weight is 494 g/mol. The lowest BCUT2D eigenvalue weighted by molar-refractivity contribution is -0.118. The molecule has 0 aliphatic heterocycles. The Balaban J connectivity index is 0.00000363. The zero-order valence-electron chi connectivity index (χ0n) is 19.2. The molecular weight excluding hydrogens is 462 g/mol. The first-order valence-electron chi connectivity index (χ1n) is 10.6. The third-order valence-electron chi connectivity index (χ3n) is 4.98. The molecule has 0 atom stereocenters. The number of fused-ring (bicyclic) bond motifs is 1. The Hall–Kier alpha value is -1.80. The van der Waals surface area contributed by atoms with Crippen molar-refractivity contribution in [2.75, 3.05) is 44.9 Å². The number of benzene rings is 2. The minimum Gasteiger partial charge on any atom is -0.494 e. The maximum Gasteiger partial charge on any atom is 0.228 e. The van der Waals surface area contributed by atoms with E-state index in [1.165, 1.54) is 4.90 Å². The summed E-state index contributed by atoms with van der Waals surface area (Å²) < 4.78 is 6.58. The highest BCUT2D eigenvalue weighted by Crippen LogP contribution is 2.36. The summed E-state index contributed by atoms with van der Waals surface area (Å²) in [5.74, 6) is 1.82. The van der Waals surface area contributed by atoms with E-state index in [2.05, 4.69) is 38.1 Å². The van der Waals surface area contributed by atoms with Crippen molar-refractivity contribution < 1.29 is 9.53 Å². The van der Waals surface area contributed by atoms with Gasteiger partial charge in [-0.15, -0.1) is 24.2 Å². The van der Waals surface area contributed by atoms with Crippen LogP contribution in [0.5, 0.6) is 5.75 Å². The molecule has 0 bridgehead atoms. The van der Waals surface area contributed by atoms with E-state index >= 15 is 0 Å². The number of nitrogens with zero attached hydrogens (tertiary/aromatic N) is 3. The predicted molar refractivity (Wildman–Crippen MR) is 140 cm³/mol. The Morgan fingerprint density at radius 1 is 1.09 bits per heavy atom. The highest BCUT2D eigenvalue weighted by Gasteiger charge is 2.21. The number of aryl methyl sites for hydroxylation is 1. The van der Waals surface area contributed by atoms with E-state index in [1.807, 2.05) is 35.2 Å². The Bertz CT molecular complexity index is 996. The lowest BCUT2D eigenvalue weighted by Gasteiger charge is -2.21. The maximum absolute atomic E-state index is 13.2. The number of ether oxygens (including phenoxy) is 1. The highest BCUT2D eigenvalue weighted by molar-refractivity contribution is 7.99. The van der Waals surface area contributed by atoms with E-state index in [0.717, 1.165) is 51.8 Å². The van der Waals surface area contributed by atoms with Gasteiger partial charge in [0.25, 0.3) is 0 Å². The number of thiazole rings is 1. The topological polar surface area (TPSA) is 45.7 Å². The van der Waals surface area contributed by atoms with Crippen LogP contribution in [0.25, 0.3) is 10.2 Å². The van der Waals surface area contributed by atoms with E-state index in [-0.39, 0.29) is 18.3 Å². The monoisotopic (exact) mass is 493 g/mol. The maximum atomic E-state index is 13.2. The molecule has 1 amide bonds. The second-order valence-corrected chi connectivity index (χ2v) is 9.87. The van der Waals surface area contributed by atoms with Gasteiger partial charge in [-0.25, -0.2) is 4.98 Å². The van der Waals surface area contributed by atoms with Gasteiger partial charge in [0.1, 0.15) is 11.3 Å². The molecule has 2 aromatic carbocycles. The van der Waals surface area contributed by atoms with Crippen LogP contribution in [0.2, 0.25) is 0 Å². The zero-order valence-corrected chi connectivity index (χ0v) is 21.6. The van der Waals surface area contributed by atoms with E-state index in [9.17, 15) is 4.79 Å². The first-order valence-corrected chi connectivity index (χ1v) is 12.4. The summed E-state index contributed by atoms with van der Waals surface area (Å²) in [7, 11) is 5.77. The van der Waals surface area contributed by atoms with Gasteiger partial charge < -0.3 is 9.64 Å². The molecule has 0 aliphatic rings. The van der Waals surface area contributed by atoms with Crippen LogP contribution in [-0.4, -0.2) is 55.8 Å². The van der Waals surface area contributed by atoms with Crippen LogP contribution in [-0.2, 0) is 4.79 Å². The zero-order chi connectivity index (χ0) is 22.2. The van der Waals surface area contributed by atoms with Crippen LogP contribution in [0, 0.1) is 6.92 Å². The predicted octanol–water partition coefficient (Wildman–Crippen LogP) is 5.89. The molecule has 0 spiro atoms. The summed E-state index contributed by atoms with van der Waals surface area (Å²) >= 11 is 3.38. The molecule has 0 saturated carbocycles. The molecule has 0 N–H and O–H groups in total. The molecule has 0 unspecified atom stereocenters. The first kappa shape index (κ1) is 26.5. The first-order chi connectivity index (χ1) is 15.0. The molecule has 1 heterocycles. The molecule has 174 valence electrons. The highest BCUT2D eigenvalue weighted by atomic mass is 35.5. The Morgan fingerprint density at radius 2 is 1.84 bits per heavy atom. The number of amides is 1.